The van der Waals surface area contributed by atoms with Crippen LogP contribution in [-0.4, -0.2) is 39.6 Å². The highest BCUT2D eigenvalue weighted by Crippen LogP contribution is 2.37. The first-order chi connectivity index (χ1) is 14.1. The number of nitrogens with two attached hydrogens (primary N) is 1. The van der Waals surface area contributed by atoms with Gasteiger partial charge in [0.15, 0.2) is 11.8 Å². The van der Waals surface area contributed by atoms with Gasteiger partial charge in [-0.05, 0) is 31.5 Å². The minimum atomic E-state index is -4.51. The molecule has 3 N–H and O–H groups in total. The highest BCUT2D eigenvalue weighted by molar-refractivity contribution is 8.13. The molecule has 2 heterocycles. The Hall–Kier alpha value is -2.89. The zero-order valence-electron chi connectivity index (χ0n) is 15.7. The van der Waals surface area contributed by atoms with E-state index >= 15 is 0 Å². The van der Waals surface area contributed by atoms with Gasteiger partial charge in [-0.1, -0.05) is 11.8 Å². The van der Waals surface area contributed by atoms with Crippen molar-refractivity contribution in [3.05, 3.63) is 47.7 Å². The van der Waals surface area contributed by atoms with Gasteiger partial charge in [-0.2, -0.15) is 13.2 Å². The van der Waals surface area contributed by atoms with Crippen LogP contribution in [-0.2, 0) is 5.54 Å². The third kappa shape index (κ3) is 5.38. The zero-order valence-corrected chi connectivity index (χ0v) is 16.5. The molecule has 160 valence electrons. The number of alkyl halides is 3. The van der Waals surface area contributed by atoms with Crippen molar-refractivity contribution in [2.24, 2.45) is 10.7 Å². The largest absolute Gasteiger partial charge is 0.467 e. The number of rotatable bonds is 5. The Morgan fingerprint density at radius 1 is 1.33 bits per heavy atom. The van der Waals surface area contributed by atoms with Crippen LogP contribution in [0.25, 0.3) is 0 Å². The summed E-state index contributed by atoms with van der Waals surface area (Å²) in [6.07, 6.45) is -2.05. The van der Waals surface area contributed by atoms with Crippen LogP contribution in [0.4, 0.5) is 23.2 Å². The number of anilines is 1. The van der Waals surface area contributed by atoms with Crippen LogP contribution in [0.5, 0.6) is 5.88 Å². The number of aromatic nitrogens is 2. The molecule has 0 radical (unpaired) electrons. The van der Waals surface area contributed by atoms with Crippen molar-refractivity contribution in [3.8, 4) is 5.88 Å². The van der Waals surface area contributed by atoms with Crippen LogP contribution < -0.4 is 15.8 Å². The number of carbonyl (C=O) groups excluding carboxylic acids is 1. The molecule has 0 fully saturated rings. The van der Waals surface area contributed by atoms with Gasteiger partial charge in [0.25, 0.3) is 5.91 Å². The summed E-state index contributed by atoms with van der Waals surface area (Å²) in [6, 6.07) is 4.05. The molecular weight excluding hydrogens is 426 g/mol. The van der Waals surface area contributed by atoms with Gasteiger partial charge in [0.1, 0.15) is 11.5 Å². The normalized spacial score (nSPS) is 19.2. The molecule has 1 unspecified atom stereocenters. The van der Waals surface area contributed by atoms with Crippen molar-refractivity contribution in [1.82, 2.24) is 9.97 Å². The molecular formula is C18H17F4N5O2S. The lowest BCUT2D eigenvalue weighted by Gasteiger charge is -2.30. The van der Waals surface area contributed by atoms with Gasteiger partial charge in [0.05, 0.1) is 17.9 Å². The molecule has 1 aromatic carbocycles. The lowest BCUT2D eigenvalue weighted by molar-refractivity contribution is -0.154. The third-order valence-electron chi connectivity index (χ3n) is 4.24. The van der Waals surface area contributed by atoms with Gasteiger partial charge < -0.3 is 15.8 Å². The fourth-order valence-electron chi connectivity index (χ4n) is 2.76. The van der Waals surface area contributed by atoms with Crippen molar-refractivity contribution in [3.63, 3.8) is 0 Å². The summed E-state index contributed by atoms with van der Waals surface area (Å²) in [5, 5.41) is 2.92. The molecule has 1 aliphatic rings. The van der Waals surface area contributed by atoms with E-state index in [0.29, 0.717) is 23.0 Å². The number of ether oxygens (including phenoxy) is 1. The molecule has 1 atom stereocenters. The van der Waals surface area contributed by atoms with Crippen LogP contribution in [0, 0.1) is 5.82 Å². The molecule has 1 aliphatic heterocycles. The van der Waals surface area contributed by atoms with E-state index in [1.165, 1.54) is 30.0 Å². The molecule has 1 aromatic heterocycles. The van der Waals surface area contributed by atoms with Crippen LogP contribution >= 0.6 is 11.8 Å². The maximum absolute atomic E-state index is 14.4. The predicted octanol–water partition coefficient (Wildman–Crippen LogP) is 3.48. The second kappa shape index (κ2) is 8.46. The van der Waals surface area contributed by atoms with Gasteiger partial charge in [-0.25, -0.2) is 14.4 Å². The first kappa shape index (κ1) is 21.8. The SMILES string of the molecule is CC1(c2cc(NC(=O)c3cnc(OCC(F)(F)F)cn3)ccc2F)CCSC(N)=N1. The van der Waals surface area contributed by atoms with E-state index < -0.39 is 30.0 Å². The highest BCUT2D eigenvalue weighted by atomic mass is 32.2. The highest BCUT2D eigenvalue weighted by Gasteiger charge is 2.32. The number of carbonyl (C=O) groups is 1. The van der Waals surface area contributed by atoms with Crippen molar-refractivity contribution in [2.75, 3.05) is 17.7 Å². The van der Waals surface area contributed by atoms with Gasteiger partial charge >= 0.3 is 6.18 Å². The Balaban J connectivity index is 1.74. The van der Waals surface area contributed by atoms with Crippen molar-refractivity contribution in [1.29, 1.82) is 0 Å². The van der Waals surface area contributed by atoms with E-state index in [-0.39, 0.29) is 17.1 Å². The standard InChI is InChI=1S/C18H17F4N5O2S/c1-17(4-5-30-16(23)27-17)11-6-10(2-3-12(11)19)26-15(28)13-7-25-14(8-24-13)29-9-18(20,21)22/h2-3,6-8H,4-5,9H2,1H3,(H2,23,27)(H,26,28). The lowest BCUT2D eigenvalue weighted by atomic mass is 9.89. The number of amides is 1. The number of hydrogen-bond donors (Lipinski definition) is 2. The topological polar surface area (TPSA) is 102 Å². The van der Waals surface area contributed by atoms with Crippen molar-refractivity contribution >= 4 is 28.5 Å². The second-order valence-electron chi connectivity index (χ2n) is 6.61. The molecule has 3 rings (SSSR count). The summed E-state index contributed by atoms with van der Waals surface area (Å²) in [5.74, 6) is -0.841. The van der Waals surface area contributed by atoms with Gasteiger partial charge in [-0.3, -0.25) is 9.79 Å². The van der Waals surface area contributed by atoms with Crippen LogP contribution in [0.15, 0.2) is 35.6 Å². The molecule has 0 saturated heterocycles. The number of nitrogens with zero attached hydrogens (tertiary/aromatic N) is 3. The number of thioether (sulfide) groups is 1. The molecule has 12 heteroatoms. The summed E-state index contributed by atoms with van der Waals surface area (Å²) in [7, 11) is 0. The Morgan fingerprint density at radius 2 is 2.10 bits per heavy atom. The Morgan fingerprint density at radius 3 is 2.73 bits per heavy atom. The van der Waals surface area contributed by atoms with Crippen molar-refractivity contribution in [2.45, 2.75) is 25.1 Å². The Labute approximate surface area is 173 Å². The molecule has 30 heavy (non-hydrogen) atoms. The maximum Gasteiger partial charge on any atom is 0.422 e. The van der Waals surface area contributed by atoms with Gasteiger partial charge in [-0.15, -0.1) is 0 Å². The minimum Gasteiger partial charge on any atom is -0.467 e. The minimum absolute atomic E-state index is 0.150. The molecule has 0 spiro atoms. The molecule has 0 bridgehead atoms. The monoisotopic (exact) mass is 443 g/mol. The average molecular weight is 443 g/mol. The van der Waals surface area contributed by atoms with Crippen molar-refractivity contribution < 1.29 is 27.1 Å². The fourth-order valence-corrected chi connectivity index (χ4v) is 3.73. The Bertz CT molecular complexity index is 968. The van der Waals surface area contributed by atoms with E-state index in [2.05, 4.69) is 25.0 Å². The summed E-state index contributed by atoms with van der Waals surface area (Å²) < 4.78 is 55.3. The molecule has 2 aromatic rings. The fraction of sp³-hybridized carbons (Fsp3) is 0.333. The lowest BCUT2D eigenvalue weighted by Crippen LogP contribution is -2.29. The number of hydrogen-bond acceptors (Lipinski definition) is 7. The molecule has 1 amide bonds. The first-order valence-electron chi connectivity index (χ1n) is 8.67. The second-order valence-corrected chi connectivity index (χ2v) is 7.73. The first-order valence-corrected chi connectivity index (χ1v) is 9.65. The van der Waals surface area contributed by atoms with E-state index in [1.54, 1.807) is 6.92 Å². The van der Waals surface area contributed by atoms with Crippen LogP contribution in [0.3, 0.4) is 0 Å². The quantitative estimate of drug-likeness (QED) is 0.686. The van der Waals surface area contributed by atoms with E-state index in [4.69, 9.17) is 5.73 Å². The number of amidine groups is 1. The molecule has 0 saturated carbocycles. The maximum atomic E-state index is 14.4. The smallest absolute Gasteiger partial charge is 0.422 e. The summed E-state index contributed by atoms with van der Waals surface area (Å²) in [5.41, 5.74) is 5.35. The molecule has 0 aliphatic carbocycles. The predicted molar refractivity (Wildman–Crippen MR) is 104 cm³/mol. The summed E-state index contributed by atoms with van der Waals surface area (Å²) in [6.45, 7) is 0.241. The molecule has 7 nitrogen and oxygen atoms in total. The van der Waals surface area contributed by atoms with E-state index in [0.717, 1.165) is 12.4 Å². The van der Waals surface area contributed by atoms with E-state index in [9.17, 15) is 22.4 Å². The third-order valence-corrected chi connectivity index (χ3v) is 5.04. The Kier molecular flexibility index (Phi) is 6.15. The number of halogens is 4. The zero-order chi connectivity index (χ0) is 21.9. The number of aliphatic imine (C=N–C) groups is 1. The number of nitrogens with one attached hydrogen (secondary N) is 1. The summed E-state index contributed by atoms with van der Waals surface area (Å²) in [4.78, 5) is 24.1. The van der Waals surface area contributed by atoms with Crippen LogP contribution in [0.1, 0.15) is 29.4 Å². The van der Waals surface area contributed by atoms with Gasteiger partial charge in [0, 0.05) is 17.0 Å². The van der Waals surface area contributed by atoms with E-state index in [1.807, 2.05) is 0 Å². The van der Waals surface area contributed by atoms with Crippen LogP contribution in [0.2, 0.25) is 0 Å². The number of benzene rings is 1. The average Bonchev–Trinajstić information content (AvgIpc) is 2.67. The summed E-state index contributed by atoms with van der Waals surface area (Å²) >= 11 is 1.39. The van der Waals surface area contributed by atoms with Gasteiger partial charge in [0.2, 0.25) is 5.88 Å².